The van der Waals surface area contributed by atoms with Gasteiger partial charge >= 0.3 is 0 Å². The van der Waals surface area contributed by atoms with E-state index in [1.807, 2.05) is 10.9 Å². The molecular formula is C13H26BrN5. The summed E-state index contributed by atoms with van der Waals surface area (Å²) < 4.78 is 3.06. The van der Waals surface area contributed by atoms with E-state index in [1.165, 1.54) is 0 Å². The Morgan fingerprint density at radius 2 is 2.21 bits per heavy atom. The number of hydrogen-bond acceptors (Lipinski definition) is 4. The number of nitrogens with zero attached hydrogens (tertiary/aromatic N) is 3. The van der Waals surface area contributed by atoms with Gasteiger partial charge in [0.05, 0.1) is 29.0 Å². The van der Waals surface area contributed by atoms with Gasteiger partial charge in [-0.25, -0.2) is 0 Å². The van der Waals surface area contributed by atoms with Crippen LogP contribution in [-0.2, 0) is 6.54 Å². The van der Waals surface area contributed by atoms with E-state index in [0.717, 1.165) is 36.1 Å². The SMILES string of the molecule is CCC(C)CC(NN)c1c(Br)cnn1CCN(C)C. The monoisotopic (exact) mass is 331 g/mol. The highest BCUT2D eigenvalue weighted by molar-refractivity contribution is 9.10. The molecule has 19 heavy (non-hydrogen) atoms. The molecule has 0 bridgehead atoms. The van der Waals surface area contributed by atoms with Crippen molar-refractivity contribution in [2.45, 2.75) is 39.3 Å². The van der Waals surface area contributed by atoms with Crippen molar-refractivity contribution in [3.8, 4) is 0 Å². The zero-order valence-corrected chi connectivity index (χ0v) is 13.9. The zero-order valence-electron chi connectivity index (χ0n) is 12.4. The molecule has 0 saturated heterocycles. The van der Waals surface area contributed by atoms with Crippen LogP contribution in [0.2, 0.25) is 0 Å². The second-order valence-electron chi connectivity index (χ2n) is 5.37. The van der Waals surface area contributed by atoms with Crippen molar-refractivity contribution in [1.29, 1.82) is 0 Å². The molecule has 0 fully saturated rings. The van der Waals surface area contributed by atoms with Crippen molar-refractivity contribution in [3.63, 3.8) is 0 Å². The maximum atomic E-state index is 5.74. The maximum Gasteiger partial charge on any atom is 0.0709 e. The van der Waals surface area contributed by atoms with Gasteiger partial charge in [-0.1, -0.05) is 20.3 Å². The number of nitrogens with one attached hydrogen (secondary N) is 1. The van der Waals surface area contributed by atoms with Gasteiger partial charge in [0.2, 0.25) is 0 Å². The van der Waals surface area contributed by atoms with Gasteiger partial charge < -0.3 is 4.90 Å². The highest BCUT2D eigenvalue weighted by Gasteiger charge is 2.20. The Bertz CT molecular complexity index is 377. The van der Waals surface area contributed by atoms with E-state index in [-0.39, 0.29) is 6.04 Å². The number of hydrazine groups is 1. The lowest BCUT2D eigenvalue weighted by molar-refractivity contribution is 0.347. The van der Waals surface area contributed by atoms with E-state index in [4.69, 9.17) is 5.84 Å². The summed E-state index contributed by atoms with van der Waals surface area (Å²) in [5.74, 6) is 6.37. The molecule has 2 unspecified atom stereocenters. The number of nitrogens with two attached hydrogens (primary N) is 1. The summed E-state index contributed by atoms with van der Waals surface area (Å²) in [4.78, 5) is 2.15. The van der Waals surface area contributed by atoms with Gasteiger partial charge in [-0.2, -0.15) is 5.10 Å². The van der Waals surface area contributed by atoms with Gasteiger partial charge in [-0.3, -0.25) is 16.0 Å². The summed E-state index contributed by atoms with van der Waals surface area (Å²) in [7, 11) is 4.13. The Labute approximate surface area is 124 Å². The van der Waals surface area contributed by atoms with Gasteiger partial charge in [0.15, 0.2) is 0 Å². The second kappa shape index (κ2) is 7.99. The molecule has 0 amide bonds. The van der Waals surface area contributed by atoms with Gasteiger partial charge in [0.1, 0.15) is 0 Å². The van der Waals surface area contributed by atoms with Crippen LogP contribution in [0.5, 0.6) is 0 Å². The summed E-state index contributed by atoms with van der Waals surface area (Å²) >= 11 is 3.58. The molecule has 0 aromatic carbocycles. The third-order valence-corrected chi connectivity index (χ3v) is 4.07. The van der Waals surface area contributed by atoms with Crippen molar-refractivity contribution >= 4 is 15.9 Å². The topological polar surface area (TPSA) is 59.1 Å². The molecule has 1 aromatic rings. The molecule has 2 atom stereocenters. The smallest absolute Gasteiger partial charge is 0.0709 e. The van der Waals surface area contributed by atoms with Crippen molar-refractivity contribution in [3.05, 3.63) is 16.4 Å². The number of halogens is 1. The first kappa shape index (κ1) is 16.6. The van der Waals surface area contributed by atoms with E-state index in [2.05, 4.69) is 59.3 Å². The molecule has 1 aromatic heterocycles. The van der Waals surface area contributed by atoms with Crippen LogP contribution in [0, 0.1) is 5.92 Å². The van der Waals surface area contributed by atoms with E-state index >= 15 is 0 Å². The van der Waals surface area contributed by atoms with E-state index < -0.39 is 0 Å². The molecule has 0 aliphatic rings. The van der Waals surface area contributed by atoms with E-state index in [9.17, 15) is 0 Å². The van der Waals surface area contributed by atoms with Crippen molar-refractivity contribution < 1.29 is 0 Å². The maximum absolute atomic E-state index is 5.74. The standard InChI is InChI=1S/C13H26BrN5/c1-5-10(2)8-12(17-15)13-11(14)9-16-19(13)7-6-18(3)4/h9-10,12,17H,5-8,15H2,1-4H3. The van der Waals surface area contributed by atoms with Crippen LogP contribution in [0.25, 0.3) is 0 Å². The quantitative estimate of drug-likeness (QED) is 0.566. The normalized spacial score (nSPS) is 14.9. The first-order chi connectivity index (χ1) is 8.99. The molecule has 1 heterocycles. The Morgan fingerprint density at radius 3 is 2.74 bits per heavy atom. The molecule has 0 spiro atoms. The average molecular weight is 332 g/mol. The summed E-state index contributed by atoms with van der Waals surface area (Å²) in [6.07, 6.45) is 4.02. The van der Waals surface area contributed by atoms with Crippen LogP contribution in [0.4, 0.5) is 0 Å². The Balaban J connectivity index is 2.86. The van der Waals surface area contributed by atoms with Crippen molar-refractivity contribution in [2.75, 3.05) is 20.6 Å². The van der Waals surface area contributed by atoms with Crippen molar-refractivity contribution in [2.24, 2.45) is 11.8 Å². The molecule has 5 nitrogen and oxygen atoms in total. The second-order valence-corrected chi connectivity index (χ2v) is 6.23. The van der Waals surface area contributed by atoms with Crippen LogP contribution in [0.1, 0.15) is 38.4 Å². The molecular weight excluding hydrogens is 306 g/mol. The lowest BCUT2D eigenvalue weighted by atomic mass is 9.97. The van der Waals surface area contributed by atoms with Crippen molar-refractivity contribution in [1.82, 2.24) is 20.1 Å². The van der Waals surface area contributed by atoms with Crippen LogP contribution < -0.4 is 11.3 Å². The molecule has 6 heteroatoms. The lowest BCUT2D eigenvalue weighted by Gasteiger charge is -2.22. The Hall–Kier alpha value is -0.430. The molecule has 3 N–H and O–H groups in total. The molecule has 0 aliphatic carbocycles. The highest BCUT2D eigenvalue weighted by atomic mass is 79.9. The van der Waals surface area contributed by atoms with Crippen LogP contribution in [-0.4, -0.2) is 35.3 Å². The van der Waals surface area contributed by atoms with Crippen LogP contribution >= 0.6 is 15.9 Å². The van der Waals surface area contributed by atoms with Gasteiger partial charge in [-0.05, 0) is 42.4 Å². The minimum absolute atomic E-state index is 0.133. The summed E-state index contributed by atoms with van der Waals surface area (Å²) in [6, 6.07) is 0.133. The van der Waals surface area contributed by atoms with Gasteiger partial charge in [0, 0.05) is 6.54 Å². The molecule has 1 rings (SSSR count). The Kier molecular flexibility index (Phi) is 6.99. The average Bonchev–Trinajstić information content (AvgIpc) is 2.74. The number of rotatable bonds is 8. The number of likely N-dealkylation sites (N-methyl/N-ethyl adjacent to an activating group) is 1. The van der Waals surface area contributed by atoms with Gasteiger partial charge in [-0.15, -0.1) is 0 Å². The number of aromatic nitrogens is 2. The fourth-order valence-electron chi connectivity index (χ4n) is 2.02. The highest BCUT2D eigenvalue weighted by Crippen LogP contribution is 2.28. The molecule has 0 saturated carbocycles. The van der Waals surface area contributed by atoms with Crippen LogP contribution in [0.3, 0.4) is 0 Å². The molecule has 0 aliphatic heterocycles. The van der Waals surface area contributed by atoms with E-state index in [0.29, 0.717) is 5.92 Å². The molecule has 110 valence electrons. The fourth-order valence-corrected chi connectivity index (χ4v) is 2.59. The first-order valence-corrected chi connectivity index (χ1v) is 7.60. The Morgan fingerprint density at radius 1 is 1.53 bits per heavy atom. The third kappa shape index (κ3) is 4.87. The summed E-state index contributed by atoms with van der Waals surface area (Å²) in [5, 5.41) is 4.44. The first-order valence-electron chi connectivity index (χ1n) is 6.81. The minimum atomic E-state index is 0.133. The predicted octanol–water partition coefficient (Wildman–Crippen LogP) is 2.15. The summed E-state index contributed by atoms with van der Waals surface area (Å²) in [5.41, 5.74) is 4.08. The third-order valence-electron chi connectivity index (χ3n) is 3.46. The lowest BCUT2D eigenvalue weighted by Crippen LogP contribution is -2.32. The predicted molar refractivity (Wildman–Crippen MR) is 82.6 cm³/mol. The molecule has 0 radical (unpaired) electrons. The zero-order chi connectivity index (χ0) is 14.4. The van der Waals surface area contributed by atoms with Crippen LogP contribution in [0.15, 0.2) is 10.7 Å². The van der Waals surface area contributed by atoms with E-state index in [1.54, 1.807) is 0 Å². The minimum Gasteiger partial charge on any atom is -0.308 e. The largest absolute Gasteiger partial charge is 0.308 e. The summed E-state index contributed by atoms with van der Waals surface area (Å²) in [6.45, 7) is 6.28. The number of hydrogen-bond donors (Lipinski definition) is 2. The fraction of sp³-hybridized carbons (Fsp3) is 0.769. The van der Waals surface area contributed by atoms with Gasteiger partial charge in [0.25, 0.3) is 0 Å².